The second-order valence-corrected chi connectivity index (χ2v) is 29.1. The highest BCUT2D eigenvalue weighted by Crippen LogP contribution is 2.51. The molecule has 0 N–H and O–H groups in total. The summed E-state index contributed by atoms with van der Waals surface area (Å²) in [5, 5.41) is 30.3. The van der Waals surface area contributed by atoms with Gasteiger partial charge in [0.05, 0.1) is 0 Å². The molecule has 1 aromatic heterocycles. The molecular formula is C110H70O. The molecule has 0 saturated carbocycles. The van der Waals surface area contributed by atoms with Crippen molar-refractivity contribution in [3.63, 3.8) is 0 Å². The molecule has 22 aromatic carbocycles. The number of rotatable bonds is 7. The number of fused-ring (bicyclic) bond motifs is 14. The highest BCUT2D eigenvalue weighted by atomic mass is 16.3. The third-order valence-electron chi connectivity index (χ3n) is 23.0. The quantitative estimate of drug-likeness (QED) is 0.145. The molecule has 0 saturated heterocycles. The van der Waals surface area contributed by atoms with Crippen LogP contribution in [0.4, 0.5) is 0 Å². The van der Waals surface area contributed by atoms with Crippen molar-refractivity contribution in [2.24, 2.45) is 0 Å². The Morgan fingerprint density at radius 2 is 0.369 bits per heavy atom. The molecule has 0 aliphatic carbocycles. The van der Waals surface area contributed by atoms with Crippen molar-refractivity contribution in [1.29, 1.82) is 0 Å². The maximum Gasteiger partial charge on any atom is 0.143 e. The molecule has 0 aliphatic rings. The van der Waals surface area contributed by atoms with Crippen molar-refractivity contribution < 1.29 is 4.42 Å². The summed E-state index contributed by atoms with van der Waals surface area (Å²) in [6, 6.07) is 154. The monoisotopic (exact) mass is 1410 g/mol. The molecule has 516 valence electrons. The predicted molar refractivity (Wildman–Crippen MR) is 477 cm³/mol. The molecule has 0 amide bonds. The fraction of sp³-hybridized carbons (Fsp3) is 0. The summed E-state index contributed by atoms with van der Waals surface area (Å²) in [5.41, 5.74) is 19.5. The first kappa shape index (κ1) is 64.8. The van der Waals surface area contributed by atoms with Crippen LogP contribution >= 0.6 is 0 Å². The Morgan fingerprint density at radius 1 is 0.126 bits per heavy atom. The minimum Gasteiger partial charge on any atom is -0.455 e. The molecule has 1 heteroatoms. The molecule has 0 aliphatic heterocycles. The van der Waals surface area contributed by atoms with Crippen molar-refractivity contribution in [3.05, 3.63) is 425 Å². The van der Waals surface area contributed by atoms with E-state index in [0.717, 1.165) is 27.5 Å². The first-order valence-corrected chi connectivity index (χ1v) is 38.4. The van der Waals surface area contributed by atoms with Gasteiger partial charge in [-0.2, -0.15) is 0 Å². The minimum atomic E-state index is 0.923. The van der Waals surface area contributed by atoms with Crippen LogP contribution in [0.3, 0.4) is 0 Å². The summed E-state index contributed by atoms with van der Waals surface area (Å²) in [4.78, 5) is 0. The van der Waals surface area contributed by atoms with E-state index in [9.17, 15) is 0 Å². The number of para-hydroxylation sites is 2. The second-order valence-electron chi connectivity index (χ2n) is 29.1. The van der Waals surface area contributed by atoms with Gasteiger partial charge in [-0.15, -0.1) is 0 Å². The second kappa shape index (κ2) is 27.4. The maximum atomic E-state index is 6.50. The summed E-state index contributed by atoms with van der Waals surface area (Å²) in [7, 11) is 0. The average molecular weight is 1410 g/mol. The summed E-state index contributed by atoms with van der Waals surface area (Å²) < 4.78 is 6.50. The lowest BCUT2D eigenvalue weighted by atomic mass is 9.84. The van der Waals surface area contributed by atoms with Gasteiger partial charge >= 0.3 is 0 Å². The van der Waals surface area contributed by atoms with Gasteiger partial charge in [-0.1, -0.05) is 413 Å². The highest BCUT2D eigenvalue weighted by molar-refractivity contribution is 6.28. The molecule has 0 unspecified atom stereocenters. The van der Waals surface area contributed by atoms with Gasteiger partial charge in [0.1, 0.15) is 11.2 Å². The molecule has 1 nitrogen and oxygen atoms in total. The van der Waals surface area contributed by atoms with E-state index in [2.05, 4.69) is 419 Å². The smallest absolute Gasteiger partial charge is 0.143 e. The Morgan fingerprint density at radius 3 is 0.766 bits per heavy atom. The van der Waals surface area contributed by atoms with E-state index >= 15 is 0 Å². The van der Waals surface area contributed by atoms with Crippen molar-refractivity contribution in [1.82, 2.24) is 0 Å². The lowest BCUT2D eigenvalue weighted by Gasteiger charge is -2.19. The number of hydrogen-bond donors (Lipinski definition) is 0. The fourth-order valence-electron chi connectivity index (χ4n) is 18.1. The van der Waals surface area contributed by atoms with E-state index in [-0.39, 0.29) is 0 Å². The highest BCUT2D eigenvalue weighted by Gasteiger charge is 2.24. The van der Waals surface area contributed by atoms with Gasteiger partial charge < -0.3 is 4.42 Å². The third-order valence-corrected chi connectivity index (χ3v) is 23.0. The van der Waals surface area contributed by atoms with E-state index in [4.69, 9.17) is 4.42 Å². The Labute approximate surface area is 643 Å². The topological polar surface area (TPSA) is 13.1 Å². The summed E-state index contributed by atoms with van der Waals surface area (Å²) in [6.07, 6.45) is 0. The SMILES string of the molecule is c1ccc2c(-c3c4ccccc4c(-c4cccc5ccccc45)c4ccccc34)cccc2c1.c1ccc2c(-c3ccc(-c4c5ccccc5c(-c5cccc6ccccc56)c5ccccc45)cc3)cccc2c1.c1ccc2cc(-c3c4ccccc4c(-c4cccc5c4oc4ccccc45)c4ccccc34)ccc2c1. The van der Waals surface area contributed by atoms with Crippen molar-refractivity contribution in [3.8, 4) is 77.9 Å². The first-order valence-electron chi connectivity index (χ1n) is 38.4. The minimum absolute atomic E-state index is 0.923. The molecule has 23 aromatic rings. The van der Waals surface area contributed by atoms with Crippen LogP contribution in [0.5, 0.6) is 0 Å². The third kappa shape index (κ3) is 11.1. The van der Waals surface area contributed by atoms with Gasteiger partial charge in [0.15, 0.2) is 0 Å². The fourth-order valence-corrected chi connectivity index (χ4v) is 18.1. The predicted octanol–water partition coefficient (Wildman–Crippen LogP) is 31.3. The number of hydrogen-bond acceptors (Lipinski definition) is 1. The number of benzene rings is 22. The summed E-state index contributed by atoms with van der Waals surface area (Å²) >= 11 is 0. The van der Waals surface area contributed by atoms with E-state index in [1.54, 1.807) is 0 Å². The van der Waals surface area contributed by atoms with E-state index in [1.165, 1.54) is 191 Å². The zero-order chi connectivity index (χ0) is 73.3. The van der Waals surface area contributed by atoms with Crippen molar-refractivity contribution >= 4 is 140 Å². The molecule has 0 fully saturated rings. The molecule has 1 heterocycles. The largest absolute Gasteiger partial charge is 0.455 e. The Hall–Kier alpha value is -14.5. The molecular weight excluding hydrogens is 1340 g/mol. The van der Waals surface area contributed by atoms with Crippen LogP contribution in [0, 0.1) is 0 Å². The van der Waals surface area contributed by atoms with Gasteiger partial charge in [-0.3, -0.25) is 0 Å². The van der Waals surface area contributed by atoms with Crippen molar-refractivity contribution in [2.45, 2.75) is 0 Å². The van der Waals surface area contributed by atoms with Gasteiger partial charge in [0.2, 0.25) is 0 Å². The van der Waals surface area contributed by atoms with Crippen LogP contribution in [0.1, 0.15) is 0 Å². The zero-order valence-corrected chi connectivity index (χ0v) is 60.8. The van der Waals surface area contributed by atoms with Crippen LogP contribution in [0.25, 0.3) is 218 Å². The van der Waals surface area contributed by atoms with Crippen molar-refractivity contribution in [2.75, 3.05) is 0 Å². The van der Waals surface area contributed by atoms with Gasteiger partial charge in [-0.05, 0) is 197 Å². The Bertz CT molecular complexity index is 7310. The van der Waals surface area contributed by atoms with Crippen LogP contribution in [0.15, 0.2) is 429 Å². The van der Waals surface area contributed by atoms with Crippen LogP contribution in [-0.4, -0.2) is 0 Å². The van der Waals surface area contributed by atoms with Crippen LogP contribution < -0.4 is 0 Å². The molecule has 0 radical (unpaired) electrons. The van der Waals surface area contributed by atoms with E-state index in [1.807, 2.05) is 6.07 Å². The lowest BCUT2D eigenvalue weighted by molar-refractivity contribution is 0.670. The van der Waals surface area contributed by atoms with E-state index < -0.39 is 0 Å². The Balaban J connectivity index is 0.000000106. The molecule has 0 bridgehead atoms. The first-order chi connectivity index (χ1) is 55.1. The standard InChI is InChI=1S/C40H26.C36H22O.C34H22/c1-3-15-31-27(11-1)13-9-21-32(31)29-23-25-30(26-24-29)39-35-17-5-7-19-37(35)40(38-20-8-6-18-36(38)39)34-22-10-14-28-12-2-4-16-33(28)34;1-2-11-24-22-25(21-20-23(24)10-1)34-27-13-3-5-15-29(27)35(30-16-6-4-14-28(30)34)32-18-9-17-31-26-12-7-8-19-33(26)37-36(31)32;1-3-15-25-23(11-1)13-9-21-27(25)33-29-17-5-7-19-31(29)34(32-20-8-6-18-30(32)33)28-22-10-14-24-12-2-4-16-26(24)28/h1-26H;1-22H;1-22H. The number of furan rings is 1. The van der Waals surface area contributed by atoms with Crippen LogP contribution in [-0.2, 0) is 0 Å². The van der Waals surface area contributed by atoms with Gasteiger partial charge in [0.25, 0.3) is 0 Å². The molecule has 0 spiro atoms. The Kier molecular flexibility index (Phi) is 16.0. The van der Waals surface area contributed by atoms with Gasteiger partial charge in [0, 0.05) is 21.9 Å². The average Bonchev–Trinajstić information content (AvgIpc) is 1.50. The van der Waals surface area contributed by atoms with Crippen LogP contribution in [0.2, 0.25) is 0 Å². The van der Waals surface area contributed by atoms with E-state index in [0.29, 0.717) is 0 Å². The zero-order valence-electron chi connectivity index (χ0n) is 60.8. The summed E-state index contributed by atoms with van der Waals surface area (Å²) in [5.74, 6) is 0. The maximum absolute atomic E-state index is 6.50. The normalized spacial score (nSPS) is 11.6. The molecule has 111 heavy (non-hydrogen) atoms. The summed E-state index contributed by atoms with van der Waals surface area (Å²) in [6.45, 7) is 0. The molecule has 0 atom stereocenters. The lowest BCUT2D eigenvalue weighted by Crippen LogP contribution is -1.92. The van der Waals surface area contributed by atoms with Gasteiger partial charge in [-0.25, -0.2) is 0 Å². The molecule has 23 rings (SSSR count).